The molecule has 0 amide bonds. The van der Waals surface area contributed by atoms with Crippen LogP contribution in [0.1, 0.15) is 38.6 Å². The molecule has 0 unspecified atom stereocenters. The summed E-state index contributed by atoms with van der Waals surface area (Å²) in [4.78, 5) is 16.8. The molecule has 0 atom stereocenters. The molecule has 5 heteroatoms. The number of esters is 1. The normalized spacial score (nSPS) is 11.9. The molecule has 1 aromatic heterocycles. The highest BCUT2D eigenvalue weighted by atomic mass is 19.1. The number of hydrogen-bond acceptors (Lipinski definition) is 3. The van der Waals surface area contributed by atoms with E-state index >= 15 is 0 Å². The van der Waals surface area contributed by atoms with Gasteiger partial charge in [-0.1, -0.05) is 50.2 Å². The summed E-state index contributed by atoms with van der Waals surface area (Å²) in [6.07, 6.45) is 0.879. The van der Waals surface area contributed by atoms with E-state index in [0.717, 1.165) is 16.9 Å². The molecule has 0 aliphatic carbocycles. The highest BCUT2D eigenvalue weighted by molar-refractivity contribution is 5.83. The molecule has 4 rings (SSSR count). The van der Waals surface area contributed by atoms with Gasteiger partial charge in [0.1, 0.15) is 11.6 Å². The van der Waals surface area contributed by atoms with Crippen molar-refractivity contribution in [2.75, 3.05) is 6.61 Å². The molecular weight excluding hydrogens is 391 g/mol. The SMILES string of the molecule is CCOC(=O)CC(C)(C)Cc1nc2cc(F)ccc2n1Cc1ccc2ccccc2c1. The van der Waals surface area contributed by atoms with Gasteiger partial charge >= 0.3 is 5.97 Å². The number of ether oxygens (including phenoxy) is 1. The summed E-state index contributed by atoms with van der Waals surface area (Å²) in [5.41, 5.74) is 2.32. The number of imidazole rings is 1. The van der Waals surface area contributed by atoms with E-state index in [9.17, 15) is 9.18 Å². The minimum Gasteiger partial charge on any atom is -0.466 e. The summed E-state index contributed by atoms with van der Waals surface area (Å²) in [6, 6.07) is 19.4. The number of hydrogen-bond donors (Lipinski definition) is 0. The van der Waals surface area contributed by atoms with Crippen LogP contribution in [-0.4, -0.2) is 22.1 Å². The Labute approximate surface area is 181 Å². The van der Waals surface area contributed by atoms with Crippen molar-refractivity contribution in [3.05, 3.63) is 77.9 Å². The Bertz CT molecular complexity index is 1240. The van der Waals surface area contributed by atoms with E-state index in [-0.39, 0.29) is 17.2 Å². The molecule has 0 fully saturated rings. The number of halogens is 1. The van der Waals surface area contributed by atoms with Crippen LogP contribution in [0.4, 0.5) is 4.39 Å². The van der Waals surface area contributed by atoms with Crippen molar-refractivity contribution >= 4 is 27.8 Å². The van der Waals surface area contributed by atoms with Gasteiger partial charge in [-0.3, -0.25) is 4.79 Å². The number of aromatic nitrogens is 2. The van der Waals surface area contributed by atoms with Crippen molar-refractivity contribution < 1.29 is 13.9 Å². The topological polar surface area (TPSA) is 44.1 Å². The highest BCUT2D eigenvalue weighted by Crippen LogP contribution is 2.29. The third-order valence-corrected chi connectivity index (χ3v) is 5.51. The minimum absolute atomic E-state index is 0.212. The lowest BCUT2D eigenvalue weighted by molar-refractivity contribution is -0.145. The fourth-order valence-electron chi connectivity index (χ4n) is 4.08. The standard InChI is InChI=1S/C26H27FN2O2/c1-4-31-25(30)16-26(2,3)15-24-28-22-14-21(27)11-12-23(22)29(24)17-18-9-10-19-7-5-6-8-20(19)13-18/h5-14H,4,15-17H2,1-3H3. The fourth-order valence-corrected chi connectivity index (χ4v) is 4.08. The van der Waals surface area contributed by atoms with E-state index in [1.165, 1.54) is 22.9 Å². The maximum Gasteiger partial charge on any atom is 0.306 e. The second-order valence-corrected chi connectivity index (χ2v) is 8.75. The van der Waals surface area contributed by atoms with Crippen LogP contribution in [0.2, 0.25) is 0 Å². The van der Waals surface area contributed by atoms with Gasteiger partial charge in [0.25, 0.3) is 0 Å². The zero-order chi connectivity index (χ0) is 22.0. The van der Waals surface area contributed by atoms with Gasteiger partial charge in [-0.05, 0) is 46.9 Å². The molecule has 0 spiro atoms. The van der Waals surface area contributed by atoms with Crippen LogP contribution >= 0.6 is 0 Å². The molecule has 0 aliphatic heterocycles. The summed E-state index contributed by atoms with van der Waals surface area (Å²) in [7, 11) is 0. The summed E-state index contributed by atoms with van der Waals surface area (Å²) in [5.74, 6) is 0.319. The maximum atomic E-state index is 13.9. The lowest BCUT2D eigenvalue weighted by Crippen LogP contribution is -2.23. The van der Waals surface area contributed by atoms with E-state index in [2.05, 4.69) is 34.9 Å². The van der Waals surface area contributed by atoms with Gasteiger partial charge in [0, 0.05) is 19.0 Å². The summed E-state index contributed by atoms with van der Waals surface area (Å²) in [5, 5.41) is 2.37. The van der Waals surface area contributed by atoms with Gasteiger partial charge in [0.05, 0.1) is 24.1 Å². The number of rotatable bonds is 7. The van der Waals surface area contributed by atoms with Gasteiger partial charge in [0.15, 0.2) is 0 Å². The molecular formula is C26H27FN2O2. The molecule has 0 radical (unpaired) electrons. The van der Waals surface area contributed by atoms with Crippen LogP contribution in [0.3, 0.4) is 0 Å². The molecule has 0 bridgehead atoms. The predicted octanol–water partition coefficient (Wildman–Crippen LogP) is 5.90. The minimum atomic E-state index is -0.340. The number of nitrogens with zero attached hydrogens (tertiary/aromatic N) is 2. The third kappa shape index (κ3) is 4.76. The maximum absolute atomic E-state index is 13.9. The molecule has 1 heterocycles. The number of fused-ring (bicyclic) bond motifs is 2. The van der Waals surface area contributed by atoms with Crippen molar-refractivity contribution in [2.24, 2.45) is 5.41 Å². The van der Waals surface area contributed by atoms with Crippen LogP contribution in [0.5, 0.6) is 0 Å². The second-order valence-electron chi connectivity index (χ2n) is 8.75. The monoisotopic (exact) mass is 418 g/mol. The Kier molecular flexibility index (Phi) is 5.77. The van der Waals surface area contributed by atoms with Gasteiger partial charge in [-0.2, -0.15) is 0 Å². The molecule has 4 nitrogen and oxygen atoms in total. The van der Waals surface area contributed by atoms with Crippen LogP contribution < -0.4 is 0 Å². The molecule has 3 aromatic carbocycles. The van der Waals surface area contributed by atoms with Crippen molar-refractivity contribution in [1.29, 1.82) is 0 Å². The van der Waals surface area contributed by atoms with Gasteiger partial charge in [0.2, 0.25) is 0 Å². The van der Waals surface area contributed by atoms with Gasteiger partial charge in [-0.25, -0.2) is 9.37 Å². The number of carbonyl (C=O) groups is 1. The first-order valence-electron chi connectivity index (χ1n) is 10.6. The lowest BCUT2D eigenvalue weighted by atomic mass is 9.85. The first-order valence-corrected chi connectivity index (χ1v) is 10.6. The Morgan fingerprint density at radius 1 is 1.06 bits per heavy atom. The molecule has 160 valence electrons. The van der Waals surface area contributed by atoms with Crippen molar-refractivity contribution in [2.45, 2.75) is 40.2 Å². The largest absolute Gasteiger partial charge is 0.466 e. The van der Waals surface area contributed by atoms with Crippen molar-refractivity contribution in [3.63, 3.8) is 0 Å². The van der Waals surface area contributed by atoms with Crippen LogP contribution in [-0.2, 0) is 22.5 Å². The second kappa shape index (κ2) is 8.50. The summed E-state index contributed by atoms with van der Waals surface area (Å²) in [6.45, 7) is 6.86. The molecule has 0 saturated heterocycles. The first-order chi connectivity index (χ1) is 14.8. The Morgan fingerprint density at radius 2 is 1.84 bits per heavy atom. The average molecular weight is 419 g/mol. The lowest BCUT2D eigenvalue weighted by Gasteiger charge is -2.23. The molecule has 0 saturated carbocycles. The first kappa shape index (κ1) is 21.0. The highest BCUT2D eigenvalue weighted by Gasteiger charge is 2.26. The molecule has 31 heavy (non-hydrogen) atoms. The van der Waals surface area contributed by atoms with Gasteiger partial charge < -0.3 is 9.30 Å². The average Bonchev–Trinajstić information content (AvgIpc) is 3.02. The van der Waals surface area contributed by atoms with E-state index < -0.39 is 0 Å². The molecule has 0 N–H and O–H groups in total. The van der Waals surface area contributed by atoms with E-state index in [1.807, 2.05) is 32.9 Å². The quantitative estimate of drug-likeness (QED) is 0.351. The Morgan fingerprint density at radius 3 is 2.61 bits per heavy atom. The number of benzene rings is 3. The number of carbonyl (C=O) groups excluding carboxylic acids is 1. The van der Waals surface area contributed by atoms with Crippen LogP contribution in [0.25, 0.3) is 21.8 Å². The summed E-state index contributed by atoms with van der Waals surface area (Å²) >= 11 is 0. The smallest absolute Gasteiger partial charge is 0.306 e. The zero-order valence-electron chi connectivity index (χ0n) is 18.2. The van der Waals surface area contributed by atoms with Crippen LogP contribution in [0, 0.1) is 11.2 Å². The van der Waals surface area contributed by atoms with Crippen LogP contribution in [0.15, 0.2) is 60.7 Å². The zero-order valence-corrected chi connectivity index (χ0v) is 18.2. The van der Waals surface area contributed by atoms with E-state index in [0.29, 0.717) is 31.5 Å². The van der Waals surface area contributed by atoms with Crippen molar-refractivity contribution in [1.82, 2.24) is 9.55 Å². The van der Waals surface area contributed by atoms with E-state index in [1.54, 1.807) is 6.07 Å². The Hall–Kier alpha value is -3.21. The predicted molar refractivity (Wildman–Crippen MR) is 121 cm³/mol. The third-order valence-electron chi connectivity index (χ3n) is 5.51. The summed E-state index contributed by atoms with van der Waals surface area (Å²) < 4.78 is 21.1. The van der Waals surface area contributed by atoms with Gasteiger partial charge in [-0.15, -0.1) is 0 Å². The molecule has 4 aromatic rings. The Balaban J connectivity index is 1.71. The fraction of sp³-hybridized carbons (Fsp3) is 0.308. The van der Waals surface area contributed by atoms with Crippen molar-refractivity contribution in [3.8, 4) is 0 Å². The van der Waals surface area contributed by atoms with E-state index in [4.69, 9.17) is 9.72 Å². The molecule has 0 aliphatic rings.